The van der Waals surface area contributed by atoms with Crippen LogP contribution in [0.15, 0.2) is 0 Å². The summed E-state index contributed by atoms with van der Waals surface area (Å²) < 4.78 is 9.07. The average molecular weight is 414 g/mol. The molecule has 0 aromatic heterocycles. The number of unbranched alkanes of at least 4 members (excludes halogenated alkanes) is 3. The van der Waals surface area contributed by atoms with Crippen LogP contribution in [0.5, 0.6) is 0 Å². The van der Waals surface area contributed by atoms with Crippen molar-refractivity contribution in [1.82, 2.24) is 0 Å². The van der Waals surface area contributed by atoms with Crippen molar-refractivity contribution in [3.05, 3.63) is 0 Å². The van der Waals surface area contributed by atoms with Gasteiger partial charge in [0, 0.05) is 6.61 Å². The van der Waals surface area contributed by atoms with E-state index in [-0.39, 0.29) is 6.61 Å². The quantitative estimate of drug-likeness (QED) is 0.454. The molecular weight excluding hydrogens is 379 g/mol. The molecule has 4 nitrogen and oxygen atoms in total. The van der Waals surface area contributed by atoms with Crippen molar-refractivity contribution < 1.29 is 18.8 Å². The Morgan fingerprint density at radius 2 is 1.10 bits per heavy atom. The largest absolute Gasteiger partial charge is 0.671 e. The molecule has 3 N–H and O–H groups in total. The second-order valence-corrected chi connectivity index (χ2v) is 15.1. The number of rotatable bonds is 11. The summed E-state index contributed by atoms with van der Waals surface area (Å²) in [6, 6.07) is 0. The molecule has 0 atom stereocenters. The molecule has 1 radical (unpaired) electrons. The summed E-state index contributed by atoms with van der Waals surface area (Å²) in [7, 11) is -4.16. The molecule has 0 saturated heterocycles. The maximum absolute atomic E-state index is 8.05. The van der Waals surface area contributed by atoms with Crippen LogP contribution in [0.3, 0.4) is 0 Å². The van der Waals surface area contributed by atoms with E-state index in [1.54, 1.807) is 20.2 Å². The van der Waals surface area contributed by atoms with Crippen molar-refractivity contribution in [2.75, 3.05) is 6.61 Å². The van der Waals surface area contributed by atoms with Crippen LogP contribution in [0, 0.1) is 0 Å². The molecule has 0 heterocycles. The van der Waals surface area contributed by atoms with Crippen molar-refractivity contribution in [2.45, 2.75) is 79.5 Å². The number of hydrogen-bond acceptors (Lipinski definition) is 4. The summed E-state index contributed by atoms with van der Waals surface area (Å²) in [4.78, 5) is 24.1. The molecule has 0 aliphatic heterocycles. The van der Waals surface area contributed by atoms with E-state index in [0.29, 0.717) is 0 Å². The van der Waals surface area contributed by atoms with E-state index in [4.69, 9.17) is 14.4 Å². The van der Waals surface area contributed by atoms with E-state index < -0.39 is 28.8 Å². The van der Waals surface area contributed by atoms with Crippen molar-refractivity contribution >= 4 is 28.8 Å². The van der Waals surface area contributed by atoms with Gasteiger partial charge < -0.3 is 18.8 Å². The second-order valence-electron chi connectivity index (χ2n) is 5.07. The summed E-state index contributed by atoms with van der Waals surface area (Å²) >= 11 is -0.839. The zero-order chi connectivity index (χ0) is 15.9. The maximum atomic E-state index is 8.05. The molecule has 0 amide bonds. The summed E-state index contributed by atoms with van der Waals surface area (Å²) in [5, 5.41) is 0. The minimum absolute atomic E-state index is 0.121. The smallest absolute Gasteiger partial charge is 0.368 e. The normalized spacial score (nSPS) is 11.4. The van der Waals surface area contributed by atoms with Crippen molar-refractivity contribution in [1.29, 1.82) is 0 Å². The predicted octanol–water partition coefficient (Wildman–Crippen LogP) is 3.32. The Bertz CT molecular complexity index is 169. The van der Waals surface area contributed by atoms with E-state index in [9.17, 15) is 0 Å². The topological polar surface area (TPSA) is 69.9 Å². The molecule has 0 unspecified atom stereocenters. The standard InChI is InChI=1S/3C4H9.C2H8O4Si.Sn/c3*1-3-4-2;1-2-6-7(3,4)5;/h3*1,3-4H2,2H3;3-5H,2H2,1H3;. The van der Waals surface area contributed by atoms with Gasteiger partial charge in [0.1, 0.15) is 0 Å². The molecule has 0 rings (SSSR count). The Morgan fingerprint density at radius 1 is 0.750 bits per heavy atom. The van der Waals surface area contributed by atoms with Gasteiger partial charge in [-0.25, -0.2) is 0 Å². The van der Waals surface area contributed by atoms with Crippen LogP contribution in [0.1, 0.15) is 66.2 Å². The summed E-state index contributed by atoms with van der Waals surface area (Å²) in [6.07, 6.45) is 8.85. The first-order chi connectivity index (χ1) is 9.41. The molecule has 0 aromatic rings. The van der Waals surface area contributed by atoms with E-state index in [0.717, 1.165) is 0 Å². The zero-order valence-corrected chi connectivity index (χ0v) is 17.7. The second kappa shape index (κ2) is 16.2. The SMILES string of the molecule is CCC[CH2][Sn]([CH2]CCC)[CH2]CCC.CCO[Si](O)(O)O. The summed E-state index contributed by atoms with van der Waals surface area (Å²) in [5.41, 5.74) is 0. The zero-order valence-electron chi connectivity index (χ0n) is 13.8. The molecule has 0 fully saturated rings. The van der Waals surface area contributed by atoms with Crippen LogP contribution in [0.25, 0.3) is 0 Å². The third kappa shape index (κ3) is 21.2. The van der Waals surface area contributed by atoms with Gasteiger partial charge in [-0.3, -0.25) is 0 Å². The Kier molecular flexibility index (Phi) is 18.8. The number of hydrogen-bond donors (Lipinski definition) is 3. The third-order valence-electron chi connectivity index (χ3n) is 2.99. The van der Waals surface area contributed by atoms with Gasteiger partial charge in [-0.2, -0.15) is 0 Å². The molecule has 0 aliphatic carbocycles. The van der Waals surface area contributed by atoms with Crippen molar-refractivity contribution in [2.24, 2.45) is 0 Å². The molecule has 0 aromatic carbocycles. The summed E-state index contributed by atoms with van der Waals surface area (Å²) in [5.74, 6) is 0. The fraction of sp³-hybridized carbons (Fsp3) is 1.00. The molecule has 123 valence electrons. The van der Waals surface area contributed by atoms with E-state index >= 15 is 0 Å². The first-order valence-corrected chi connectivity index (χ1v) is 15.9. The van der Waals surface area contributed by atoms with Crippen LogP contribution in [0.2, 0.25) is 13.3 Å². The van der Waals surface area contributed by atoms with Gasteiger partial charge in [-0.1, -0.05) is 0 Å². The monoisotopic (exact) mass is 415 g/mol. The van der Waals surface area contributed by atoms with Gasteiger partial charge in [-0.05, 0) is 6.92 Å². The Labute approximate surface area is 133 Å². The maximum Gasteiger partial charge on any atom is 0.671 e. The molecule has 0 aliphatic rings. The first-order valence-electron chi connectivity index (χ1n) is 8.05. The Balaban J connectivity index is 0. The minimum Gasteiger partial charge on any atom is -0.368 e. The Morgan fingerprint density at radius 3 is 1.25 bits per heavy atom. The van der Waals surface area contributed by atoms with Gasteiger partial charge in [-0.15, -0.1) is 0 Å². The van der Waals surface area contributed by atoms with Crippen LogP contribution in [-0.4, -0.2) is 49.8 Å². The van der Waals surface area contributed by atoms with Gasteiger partial charge in [0.05, 0.1) is 0 Å². The predicted molar refractivity (Wildman–Crippen MR) is 88.9 cm³/mol. The van der Waals surface area contributed by atoms with Crippen LogP contribution < -0.4 is 0 Å². The average Bonchev–Trinajstić information content (AvgIpc) is 2.37. The molecular formula is C14H35O4SiSn. The van der Waals surface area contributed by atoms with Crippen LogP contribution >= 0.6 is 0 Å². The van der Waals surface area contributed by atoms with Crippen LogP contribution in [0.4, 0.5) is 0 Å². The van der Waals surface area contributed by atoms with E-state index in [1.807, 2.05) is 0 Å². The van der Waals surface area contributed by atoms with Gasteiger partial charge >= 0.3 is 101 Å². The first kappa shape index (κ1) is 23.1. The molecule has 6 heteroatoms. The summed E-state index contributed by atoms with van der Waals surface area (Å²) in [6.45, 7) is 8.68. The van der Waals surface area contributed by atoms with Crippen LogP contribution in [-0.2, 0) is 4.43 Å². The molecule has 0 spiro atoms. The van der Waals surface area contributed by atoms with Gasteiger partial charge in [0.2, 0.25) is 0 Å². The fourth-order valence-corrected chi connectivity index (χ4v) is 11.7. The van der Waals surface area contributed by atoms with Gasteiger partial charge in [0.25, 0.3) is 0 Å². The van der Waals surface area contributed by atoms with Gasteiger partial charge in [0.15, 0.2) is 0 Å². The molecule has 0 saturated carbocycles. The Hall–Kier alpha value is 0.856. The van der Waals surface area contributed by atoms with Crippen molar-refractivity contribution in [3.8, 4) is 0 Å². The third-order valence-corrected chi connectivity index (χ3v) is 12.7. The molecule has 20 heavy (non-hydrogen) atoms. The van der Waals surface area contributed by atoms with E-state index in [1.165, 1.54) is 38.5 Å². The molecule has 0 bridgehead atoms. The minimum atomic E-state index is -4.16. The van der Waals surface area contributed by atoms with E-state index in [2.05, 4.69) is 25.2 Å². The fourth-order valence-electron chi connectivity index (χ4n) is 1.85. The van der Waals surface area contributed by atoms with Crippen molar-refractivity contribution in [3.63, 3.8) is 0 Å².